The van der Waals surface area contributed by atoms with Crippen molar-refractivity contribution in [3.8, 4) is 11.5 Å². The van der Waals surface area contributed by atoms with E-state index in [-0.39, 0.29) is 16.9 Å². The molecule has 0 saturated carbocycles. The molecule has 1 aromatic carbocycles. The van der Waals surface area contributed by atoms with Crippen molar-refractivity contribution in [1.29, 1.82) is 0 Å². The number of pyridine rings is 1. The van der Waals surface area contributed by atoms with E-state index in [0.717, 1.165) is 0 Å². The second-order valence-corrected chi connectivity index (χ2v) is 2.83. The van der Waals surface area contributed by atoms with Crippen LogP contribution in [0.2, 0.25) is 0 Å². The highest BCUT2D eigenvalue weighted by molar-refractivity contribution is 5.82. The van der Waals surface area contributed by atoms with Crippen LogP contribution in [0.15, 0.2) is 24.4 Å². The molecular weight excluding hydrogens is 185 g/mol. The number of ether oxygens (including phenoxy) is 1. The van der Waals surface area contributed by atoms with Crippen LogP contribution in [-0.2, 0) is 0 Å². The average Bonchev–Trinajstić information content (AvgIpc) is 2.19. The van der Waals surface area contributed by atoms with Gasteiger partial charge >= 0.3 is 0 Å². The first-order chi connectivity index (χ1) is 6.72. The van der Waals surface area contributed by atoms with Crippen LogP contribution in [0, 0.1) is 5.82 Å². The molecule has 0 radical (unpaired) electrons. The smallest absolute Gasteiger partial charge is 0.162 e. The van der Waals surface area contributed by atoms with Crippen molar-refractivity contribution in [2.24, 2.45) is 0 Å². The normalized spacial score (nSPS) is 10.4. The third-order valence-electron chi connectivity index (χ3n) is 1.99. The van der Waals surface area contributed by atoms with Gasteiger partial charge in [-0.05, 0) is 12.1 Å². The van der Waals surface area contributed by atoms with Gasteiger partial charge in [0, 0.05) is 17.6 Å². The SMILES string of the molecule is COc1cc2nccc(F)c2cc1O. The minimum absolute atomic E-state index is 0.0908. The standard InChI is InChI=1S/C10H8FNO2/c1-14-10-5-8-6(4-9(10)13)7(11)2-3-12-8/h2-5,13H,1H3. The molecule has 72 valence electrons. The van der Waals surface area contributed by atoms with Gasteiger partial charge in [-0.25, -0.2) is 4.39 Å². The molecule has 0 aliphatic heterocycles. The number of aromatic hydroxyl groups is 1. The molecule has 0 amide bonds. The van der Waals surface area contributed by atoms with E-state index < -0.39 is 5.82 Å². The summed E-state index contributed by atoms with van der Waals surface area (Å²) in [6, 6.07) is 4.04. The fourth-order valence-corrected chi connectivity index (χ4v) is 1.29. The minimum atomic E-state index is -0.409. The molecule has 1 N–H and O–H groups in total. The molecule has 0 aliphatic carbocycles. The van der Waals surface area contributed by atoms with Gasteiger partial charge in [0.2, 0.25) is 0 Å². The zero-order chi connectivity index (χ0) is 10.1. The lowest BCUT2D eigenvalue weighted by atomic mass is 10.2. The van der Waals surface area contributed by atoms with E-state index in [0.29, 0.717) is 5.52 Å². The van der Waals surface area contributed by atoms with Crippen molar-refractivity contribution in [3.63, 3.8) is 0 Å². The number of phenolic OH excluding ortho intramolecular Hbond substituents is 1. The number of rotatable bonds is 1. The summed E-state index contributed by atoms with van der Waals surface area (Å²) in [6.45, 7) is 0. The van der Waals surface area contributed by atoms with Gasteiger partial charge in [0.15, 0.2) is 11.5 Å². The Bertz CT molecular complexity index is 485. The van der Waals surface area contributed by atoms with Gasteiger partial charge in [-0.3, -0.25) is 4.98 Å². The Kier molecular flexibility index (Phi) is 1.96. The van der Waals surface area contributed by atoms with Crippen LogP contribution < -0.4 is 4.74 Å². The number of benzene rings is 1. The van der Waals surface area contributed by atoms with Gasteiger partial charge in [0.1, 0.15) is 5.82 Å². The van der Waals surface area contributed by atoms with Crippen LogP contribution in [0.5, 0.6) is 11.5 Å². The number of aromatic nitrogens is 1. The lowest BCUT2D eigenvalue weighted by molar-refractivity contribution is 0.374. The van der Waals surface area contributed by atoms with Crippen molar-refractivity contribution in [3.05, 3.63) is 30.2 Å². The van der Waals surface area contributed by atoms with Gasteiger partial charge in [-0.1, -0.05) is 0 Å². The van der Waals surface area contributed by atoms with Gasteiger partial charge < -0.3 is 9.84 Å². The van der Waals surface area contributed by atoms with Crippen LogP contribution in [0.4, 0.5) is 4.39 Å². The topological polar surface area (TPSA) is 42.4 Å². The molecule has 0 unspecified atom stereocenters. The Morgan fingerprint density at radius 3 is 2.93 bits per heavy atom. The predicted molar refractivity (Wildman–Crippen MR) is 49.9 cm³/mol. The fourth-order valence-electron chi connectivity index (χ4n) is 1.29. The van der Waals surface area contributed by atoms with Crippen molar-refractivity contribution < 1.29 is 14.2 Å². The summed E-state index contributed by atoms with van der Waals surface area (Å²) in [7, 11) is 1.43. The molecule has 4 heteroatoms. The molecule has 0 saturated heterocycles. The summed E-state index contributed by atoms with van der Waals surface area (Å²) in [6.07, 6.45) is 1.37. The van der Waals surface area contributed by atoms with Crippen molar-refractivity contribution >= 4 is 10.9 Å². The van der Waals surface area contributed by atoms with E-state index in [2.05, 4.69) is 4.98 Å². The van der Waals surface area contributed by atoms with E-state index in [4.69, 9.17) is 4.74 Å². The van der Waals surface area contributed by atoms with E-state index in [1.807, 2.05) is 0 Å². The molecule has 2 aromatic rings. The van der Waals surface area contributed by atoms with E-state index >= 15 is 0 Å². The molecule has 1 aromatic heterocycles. The average molecular weight is 193 g/mol. The maximum Gasteiger partial charge on any atom is 0.162 e. The van der Waals surface area contributed by atoms with Crippen LogP contribution in [0.1, 0.15) is 0 Å². The minimum Gasteiger partial charge on any atom is -0.504 e. The van der Waals surface area contributed by atoms with Crippen LogP contribution in [0.25, 0.3) is 10.9 Å². The largest absolute Gasteiger partial charge is 0.504 e. The monoisotopic (exact) mass is 193 g/mol. The number of phenols is 1. The molecule has 0 spiro atoms. The Morgan fingerprint density at radius 2 is 2.21 bits per heavy atom. The zero-order valence-electron chi connectivity index (χ0n) is 7.49. The van der Waals surface area contributed by atoms with Crippen molar-refractivity contribution in [2.75, 3.05) is 7.11 Å². The number of fused-ring (bicyclic) bond motifs is 1. The number of nitrogens with zero attached hydrogens (tertiary/aromatic N) is 1. The second kappa shape index (κ2) is 3.14. The van der Waals surface area contributed by atoms with Gasteiger partial charge in [0.25, 0.3) is 0 Å². The quantitative estimate of drug-likeness (QED) is 0.754. The summed E-state index contributed by atoms with van der Waals surface area (Å²) in [4.78, 5) is 3.96. The molecule has 0 bridgehead atoms. The number of halogens is 1. The Balaban J connectivity index is 2.79. The fraction of sp³-hybridized carbons (Fsp3) is 0.100. The van der Waals surface area contributed by atoms with Gasteiger partial charge in [-0.15, -0.1) is 0 Å². The first-order valence-electron chi connectivity index (χ1n) is 4.03. The molecule has 0 atom stereocenters. The maximum absolute atomic E-state index is 13.2. The van der Waals surface area contributed by atoms with Gasteiger partial charge in [-0.2, -0.15) is 0 Å². The molecule has 3 nitrogen and oxygen atoms in total. The molecule has 1 heterocycles. The molecule has 0 aliphatic rings. The predicted octanol–water partition coefficient (Wildman–Crippen LogP) is 2.09. The highest BCUT2D eigenvalue weighted by Crippen LogP contribution is 2.30. The third-order valence-corrected chi connectivity index (χ3v) is 1.99. The van der Waals surface area contributed by atoms with E-state index in [1.165, 1.54) is 31.5 Å². The van der Waals surface area contributed by atoms with E-state index in [1.54, 1.807) is 0 Å². The van der Waals surface area contributed by atoms with Crippen molar-refractivity contribution in [1.82, 2.24) is 4.98 Å². The first-order valence-corrected chi connectivity index (χ1v) is 4.03. The summed E-state index contributed by atoms with van der Waals surface area (Å²) in [5.74, 6) is -0.213. The maximum atomic E-state index is 13.2. The second-order valence-electron chi connectivity index (χ2n) is 2.83. The van der Waals surface area contributed by atoms with Gasteiger partial charge in [0.05, 0.1) is 12.6 Å². The lowest BCUT2D eigenvalue weighted by Gasteiger charge is -2.04. The first kappa shape index (κ1) is 8.74. The van der Waals surface area contributed by atoms with Crippen LogP contribution >= 0.6 is 0 Å². The lowest BCUT2D eigenvalue weighted by Crippen LogP contribution is -1.87. The number of methoxy groups -OCH3 is 1. The van der Waals surface area contributed by atoms with Crippen LogP contribution in [0.3, 0.4) is 0 Å². The Hall–Kier alpha value is -1.84. The highest BCUT2D eigenvalue weighted by atomic mass is 19.1. The molecular formula is C10H8FNO2. The summed E-state index contributed by atoms with van der Waals surface area (Å²) >= 11 is 0. The number of hydrogen-bond acceptors (Lipinski definition) is 3. The summed E-state index contributed by atoms with van der Waals surface area (Å²) in [5.41, 5.74) is 0.458. The summed E-state index contributed by atoms with van der Waals surface area (Å²) < 4.78 is 18.1. The number of hydrogen-bond donors (Lipinski definition) is 1. The molecule has 2 rings (SSSR count). The Morgan fingerprint density at radius 1 is 1.43 bits per heavy atom. The highest BCUT2D eigenvalue weighted by Gasteiger charge is 2.07. The van der Waals surface area contributed by atoms with E-state index in [9.17, 15) is 9.50 Å². The van der Waals surface area contributed by atoms with Crippen LogP contribution in [-0.4, -0.2) is 17.2 Å². The molecule has 0 fully saturated rings. The summed E-state index contributed by atoms with van der Waals surface area (Å²) in [5, 5.41) is 9.70. The zero-order valence-corrected chi connectivity index (χ0v) is 7.49. The molecule has 14 heavy (non-hydrogen) atoms. The Labute approximate surface area is 79.8 Å². The third kappa shape index (κ3) is 1.25. The van der Waals surface area contributed by atoms with Crippen molar-refractivity contribution in [2.45, 2.75) is 0 Å².